The molecule has 0 unspecified atom stereocenters. The highest BCUT2D eigenvalue weighted by molar-refractivity contribution is 5.50. The van der Waals surface area contributed by atoms with Gasteiger partial charge in [-0.2, -0.15) is 0 Å². The summed E-state index contributed by atoms with van der Waals surface area (Å²) in [5, 5.41) is 0. The van der Waals surface area contributed by atoms with Gasteiger partial charge in [-0.25, -0.2) is 0 Å². The van der Waals surface area contributed by atoms with Gasteiger partial charge in [0.1, 0.15) is 11.5 Å². The molecule has 0 bridgehead atoms. The molecule has 0 aliphatic heterocycles. The van der Waals surface area contributed by atoms with E-state index in [0.717, 1.165) is 22.7 Å². The maximum absolute atomic E-state index is 5.89. The van der Waals surface area contributed by atoms with Gasteiger partial charge in [-0.15, -0.1) is 0 Å². The molecule has 2 heteroatoms. The molecule has 2 aromatic carbocycles. The van der Waals surface area contributed by atoms with Gasteiger partial charge in [0.2, 0.25) is 0 Å². The highest BCUT2D eigenvalue weighted by Gasteiger charge is 2.14. The van der Waals surface area contributed by atoms with Gasteiger partial charge < -0.3 is 10.5 Å². The molecule has 2 nitrogen and oxygen atoms in total. The first-order valence-corrected chi connectivity index (χ1v) is 6.51. The Morgan fingerprint density at radius 3 is 2.26 bits per heavy atom. The van der Waals surface area contributed by atoms with Crippen molar-refractivity contribution >= 4 is 5.69 Å². The molecule has 0 saturated heterocycles. The maximum Gasteiger partial charge on any atom is 0.127 e. The van der Waals surface area contributed by atoms with Crippen molar-refractivity contribution in [2.45, 2.75) is 33.1 Å². The Morgan fingerprint density at radius 1 is 0.947 bits per heavy atom. The molecule has 0 amide bonds. The average molecular weight is 255 g/mol. The average Bonchev–Trinajstić information content (AvgIpc) is 2.33. The lowest BCUT2D eigenvalue weighted by molar-refractivity contribution is 0.478. The van der Waals surface area contributed by atoms with Gasteiger partial charge in [0.15, 0.2) is 0 Å². The molecule has 0 spiro atoms. The number of ether oxygens (including phenoxy) is 1. The summed E-state index contributed by atoms with van der Waals surface area (Å²) in [6, 6.07) is 13.9. The summed E-state index contributed by atoms with van der Waals surface area (Å²) in [6.45, 7) is 8.56. The van der Waals surface area contributed by atoms with Crippen molar-refractivity contribution in [3.05, 3.63) is 53.6 Å². The fraction of sp³-hybridized carbons (Fsp3) is 0.294. The van der Waals surface area contributed by atoms with Crippen LogP contribution in [0.5, 0.6) is 11.5 Å². The van der Waals surface area contributed by atoms with Crippen LogP contribution in [-0.2, 0) is 5.41 Å². The SMILES string of the molecule is Cc1cc(Oc2cccc(C(C)(C)C)c2)ccc1N. The van der Waals surface area contributed by atoms with Crippen LogP contribution < -0.4 is 10.5 Å². The lowest BCUT2D eigenvalue weighted by Gasteiger charge is -2.19. The van der Waals surface area contributed by atoms with Gasteiger partial charge in [0.25, 0.3) is 0 Å². The number of nitrogens with two attached hydrogens (primary N) is 1. The zero-order valence-corrected chi connectivity index (χ0v) is 12.0. The number of benzene rings is 2. The summed E-state index contributed by atoms with van der Waals surface area (Å²) in [5.41, 5.74) is 9.01. The number of hydrogen-bond acceptors (Lipinski definition) is 2. The summed E-state index contributed by atoms with van der Waals surface area (Å²) in [5.74, 6) is 1.68. The number of aryl methyl sites for hydroxylation is 1. The van der Waals surface area contributed by atoms with Crippen LogP contribution in [0, 0.1) is 6.92 Å². The second kappa shape index (κ2) is 4.96. The number of nitrogen functional groups attached to an aromatic ring is 1. The van der Waals surface area contributed by atoms with Crippen molar-refractivity contribution in [1.82, 2.24) is 0 Å². The molecule has 0 aromatic heterocycles. The maximum atomic E-state index is 5.89. The Morgan fingerprint density at radius 2 is 1.63 bits per heavy atom. The fourth-order valence-electron chi connectivity index (χ4n) is 1.87. The molecule has 2 N–H and O–H groups in total. The highest BCUT2D eigenvalue weighted by Crippen LogP contribution is 2.29. The van der Waals surface area contributed by atoms with Crippen molar-refractivity contribution in [3.8, 4) is 11.5 Å². The largest absolute Gasteiger partial charge is 0.457 e. The number of hydrogen-bond donors (Lipinski definition) is 1. The molecule has 0 atom stereocenters. The lowest BCUT2D eigenvalue weighted by atomic mass is 9.87. The summed E-state index contributed by atoms with van der Waals surface area (Å²) in [6.07, 6.45) is 0. The number of anilines is 1. The van der Waals surface area contributed by atoms with Gasteiger partial charge in [0.05, 0.1) is 0 Å². The van der Waals surface area contributed by atoms with E-state index in [-0.39, 0.29) is 5.41 Å². The normalized spacial score (nSPS) is 11.4. The molecule has 0 fully saturated rings. The third-order valence-corrected chi connectivity index (χ3v) is 3.18. The smallest absolute Gasteiger partial charge is 0.127 e. The standard InChI is InChI=1S/C17H21NO/c1-12-10-15(8-9-16(12)18)19-14-7-5-6-13(11-14)17(2,3)4/h5-11H,18H2,1-4H3. The molecular formula is C17H21NO. The van der Waals surface area contributed by atoms with Crippen LogP contribution in [0.3, 0.4) is 0 Å². The van der Waals surface area contributed by atoms with Gasteiger partial charge in [-0.3, -0.25) is 0 Å². The van der Waals surface area contributed by atoms with E-state index in [2.05, 4.69) is 32.9 Å². The first-order valence-electron chi connectivity index (χ1n) is 6.51. The zero-order valence-electron chi connectivity index (χ0n) is 12.0. The summed E-state index contributed by atoms with van der Waals surface area (Å²) >= 11 is 0. The van der Waals surface area contributed by atoms with E-state index in [1.807, 2.05) is 37.3 Å². The molecule has 2 rings (SSSR count). The first kappa shape index (κ1) is 13.5. The van der Waals surface area contributed by atoms with E-state index in [9.17, 15) is 0 Å². The molecule has 0 aliphatic rings. The molecule has 0 heterocycles. The summed E-state index contributed by atoms with van der Waals surface area (Å²) < 4.78 is 5.89. The summed E-state index contributed by atoms with van der Waals surface area (Å²) in [4.78, 5) is 0. The van der Waals surface area contributed by atoms with Crippen molar-refractivity contribution < 1.29 is 4.74 Å². The minimum atomic E-state index is 0.121. The Bertz CT molecular complexity index is 582. The molecular weight excluding hydrogens is 234 g/mol. The van der Waals surface area contributed by atoms with E-state index in [4.69, 9.17) is 10.5 Å². The van der Waals surface area contributed by atoms with E-state index in [0.29, 0.717) is 0 Å². The van der Waals surface area contributed by atoms with Crippen LogP contribution in [0.25, 0.3) is 0 Å². The van der Waals surface area contributed by atoms with Gasteiger partial charge in [0, 0.05) is 5.69 Å². The highest BCUT2D eigenvalue weighted by atomic mass is 16.5. The zero-order chi connectivity index (χ0) is 14.0. The Balaban J connectivity index is 2.26. The monoisotopic (exact) mass is 255 g/mol. The minimum Gasteiger partial charge on any atom is -0.457 e. The topological polar surface area (TPSA) is 35.2 Å². The van der Waals surface area contributed by atoms with Crippen LogP contribution in [-0.4, -0.2) is 0 Å². The Labute approximate surface area is 115 Å². The lowest BCUT2D eigenvalue weighted by Crippen LogP contribution is -2.10. The van der Waals surface area contributed by atoms with E-state index >= 15 is 0 Å². The van der Waals surface area contributed by atoms with Crippen LogP contribution >= 0.6 is 0 Å². The molecule has 0 radical (unpaired) electrons. The Hall–Kier alpha value is -1.96. The van der Waals surface area contributed by atoms with E-state index < -0.39 is 0 Å². The van der Waals surface area contributed by atoms with E-state index in [1.54, 1.807) is 0 Å². The Kier molecular flexibility index (Phi) is 3.52. The molecule has 0 saturated carbocycles. The molecule has 2 aromatic rings. The molecule has 19 heavy (non-hydrogen) atoms. The second-order valence-corrected chi connectivity index (χ2v) is 5.90. The van der Waals surface area contributed by atoms with Crippen molar-refractivity contribution in [1.29, 1.82) is 0 Å². The molecule has 100 valence electrons. The fourth-order valence-corrected chi connectivity index (χ4v) is 1.87. The predicted molar refractivity (Wildman–Crippen MR) is 80.8 cm³/mol. The van der Waals surface area contributed by atoms with Crippen molar-refractivity contribution in [2.75, 3.05) is 5.73 Å². The number of rotatable bonds is 2. The van der Waals surface area contributed by atoms with E-state index in [1.165, 1.54) is 5.56 Å². The van der Waals surface area contributed by atoms with Crippen molar-refractivity contribution in [2.24, 2.45) is 0 Å². The first-order chi connectivity index (χ1) is 8.86. The summed E-state index contributed by atoms with van der Waals surface area (Å²) in [7, 11) is 0. The van der Waals surface area contributed by atoms with Crippen LogP contribution in [0.4, 0.5) is 5.69 Å². The van der Waals surface area contributed by atoms with Crippen LogP contribution in [0.2, 0.25) is 0 Å². The third kappa shape index (κ3) is 3.28. The third-order valence-electron chi connectivity index (χ3n) is 3.18. The van der Waals surface area contributed by atoms with Gasteiger partial charge in [-0.1, -0.05) is 32.9 Å². The predicted octanol–water partition coefficient (Wildman–Crippen LogP) is 4.67. The van der Waals surface area contributed by atoms with Gasteiger partial charge >= 0.3 is 0 Å². The van der Waals surface area contributed by atoms with Crippen molar-refractivity contribution in [3.63, 3.8) is 0 Å². The van der Waals surface area contributed by atoms with Crippen LogP contribution in [0.15, 0.2) is 42.5 Å². The molecule has 0 aliphatic carbocycles. The van der Waals surface area contributed by atoms with Gasteiger partial charge in [-0.05, 0) is 53.8 Å². The quantitative estimate of drug-likeness (QED) is 0.792. The van der Waals surface area contributed by atoms with Crippen LogP contribution in [0.1, 0.15) is 31.9 Å². The minimum absolute atomic E-state index is 0.121. The second-order valence-electron chi connectivity index (χ2n) is 5.90.